The number of carboxylic acids is 2. The summed E-state index contributed by atoms with van der Waals surface area (Å²) in [6, 6.07) is 3.45. The second kappa shape index (κ2) is 7.05. The van der Waals surface area contributed by atoms with Gasteiger partial charge in [0.15, 0.2) is 0 Å². The first-order valence-corrected chi connectivity index (χ1v) is 11.9. The van der Waals surface area contributed by atoms with Crippen molar-refractivity contribution in [2.45, 2.75) is 38.5 Å². The van der Waals surface area contributed by atoms with Crippen LogP contribution in [0.2, 0.25) is 0 Å². The Bertz CT molecular complexity index is 988. The Balaban J connectivity index is 1.12. The molecule has 8 bridgehead atoms. The summed E-state index contributed by atoms with van der Waals surface area (Å²) in [4.78, 5) is 48.4. The van der Waals surface area contributed by atoms with Crippen LogP contribution >= 0.6 is 0 Å². The first kappa shape index (κ1) is 20.7. The van der Waals surface area contributed by atoms with Crippen LogP contribution in [0.4, 0.5) is 5.69 Å². The van der Waals surface area contributed by atoms with E-state index in [-0.39, 0.29) is 34.7 Å². The molecule has 0 heterocycles. The fraction of sp³-hybridized carbons (Fsp3) is 0.600. The Morgan fingerprint density at radius 2 is 1.27 bits per heavy atom. The topological polar surface area (TPSA) is 133 Å². The number of anilines is 1. The molecule has 8 rings (SSSR count). The largest absolute Gasteiger partial charge is 0.478 e. The van der Waals surface area contributed by atoms with Crippen LogP contribution in [0.5, 0.6) is 0 Å². The first-order chi connectivity index (χ1) is 15.7. The maximum Gasteiger partial charge on any atom is 0.335 e. The van der Waals surface area contributed by atoms with Gasteiger partial charge in [0.05, 0.1) is 23.1 Å². The molecule has 0 atom stereocenters. The van der Waals surface area contributed by atoms with Gasteiger partial charge in [0.25, 0.3) is 0 Å². The second-order valence-corrected chi connectivity index (χ2v) is 11.1. The van der Waals surface area contributed by atoms with Crippen molar-refractivity contribution in [1.82, 2.24) is 5.32 Å². The standard InChI is InChI=1S/C25H28N2O6/c28-21(27-14-5-12(22(29)30)4-13(6-14)23(31)32)10-26-24(33)25-7-18-15-1-11-2-16(18)20(9-25)17(3-11)19(15)8-25/h4-6,11,15-20H,1-3,7-10H2,(H,26,33)(H,27,28)(H,29,30)(H,31,32). The summed E-state index contributed by atoms with van der Waals surface area (Å²) < 4.78 is 0. The number of hydrogen-bond donors (Lipinski definition) is 4. The Hall–Kier alpha value is -2.90. The first-order valence-electron chi connectivity index (χ1n) is 11.9. The Kier molecular flexibility index (Phi) is 4.42. The summed E-state index contributed by atoms with van der Waals surface area (Å²) in [6.07, 6.45) is 6.90. The van der Waals surface area contributed by atoms with Gasteiger partial charge >= 0.3 is 11.9 Å². The van der Waals surface area contributed by atoms with Crippen molar-refractivity contribution >= 4 is 29.4 Å². The molecule has 1 aromatic rings. The van der Waals surface area contributed by atoms with Crippen LogP contribution in [0.25, 0.3) is 0 Å². The molecule has 0 radical (unpaired) electrons. The minimum absolute atomic E-state index is 0.0313. The van der Waals surface area contributed by atoms with E-state index in [0.29, 0.717) is 17.8 Å². The lowest BCUT2D eigenvalue weighted by Crippen LogP contribution is -2.67. The van der Waals surface area contributed by atoms with Gasteiger partial charge in [-0.05, 0) is 98.1 Å². The molecule has 0 saturated heterocycles. The summed E-state index contributed by atoms with van der Waals surface area (Å²) in [6.45, 7) is -0.224. The summed E-state index contributed by atoms with van der Waals surface area (Å²) in [5.41, 5.74) is -0.736. The summed E-state index contributed by atoms with van der Waals surface area (Å²) in [7, 11) is 0. The smallest absolute Gasteiger partial charge is 0.335 e. The van der Waals surface area contributed by atoms with E-state index in [1.807, 2.05) is 0 Å². The number of aromatic carboxylic acids is 2. The zero-order valence-electron chi connectivity index (χ0n) is 18.3. The lowest BCUT2D eigenvalue weighted by Gasteiger charge is -2.72. The highest BCUT2D eigenvalue weighted by Crippen LogP contribution is 2.74. The minimum Gasteiger partial charge on any atom is -0.478 e. The van der Waals surface area contributed by atoms with E-state index in [1.165, 1.54) is 31.4 Å². The van der Waals surface area contributed by atoms with Crippen molar-refractivity contribution in [1.29, 1.82) is 0 Å². The lowest BCUT2D eigenvalue weighted by atomic mass is 9.33. The number of hydrogen-bond acceptors (Lipinski definition) is 4. The normalized spacial score (nSPS) is 38.8. The maximum absolute atomic E-state index is 13.3. The van der Waals surface area contributed by atoms with Gasteiger partial charge < -0.3 is 20.8 Å². The second-order valence-electron chi connectivity index (χ2n) is 11.1. The predicted octanol–water partition coefficient (Wildman–Crippen LogP) is 2.85. The fourth-order valence-corrected chi connectivity index (χ4v) is 8.69. The molecular weight excluding hydrogens is 424 g/mol. The highest BCUT2D eigenvalue weighted by atomic mass is 16.4. The van der Waals surface area contributed by atoms with Crippen molar-refractivity contribution in [3.63, 3.8) is 0 Å². The summed E-state index contributed by atoms with van der Waals surface area (Å²) in [5, 5.41) is 23.8. The molecule has 33 heavy (non-hydrogen) atoms. The molecule has 7 saturated carbocycles. The third-order valence-electron chi connectivity index (χ3n) is 9.60. The van der Waals surface area contributed by atoms with Gasteiger partial charge in [-0.15, -0.1) is 0 Å². The summed E-state index contributed by atoms with van der Waals surface area (Å²) in [5.74, 6) is 2.22. The number of benzene rings is 1. The monoisotopic (exact) mass is 452 g/mol. The Morgan fingerprint density at radius 1 is 0.788 bits per heavy atom. The van der Waals surface area contributed by atoms with Crippen LogP contribution in [0.15, 0.2) is 18.2 Å². The fourth-order valence-electron chi connectivity index (χ4n) is 8.69. The van der Waals surface area contributed by atoms with E-state index in [4.69, 9.17) is 0 Å². The molecule has 7 aliphatic rings. The average molecular weight is 453 g/mol. The van der Waals surface area contributed by atoms with E-state index in [2.05, 4.69) is 10.6 Å². The number of rotatable bonds is 6. The molecule has 0 aliphatic heterocycles. The zero-order valence-corrected chi connectivity index (χ0v) is 18.3. The highest BCUT2D eigenvalue weighted by Gasteiger charge is 2.68. The van der Waals surface area contributed by atoms with Crippen molar-refractivity contribution in [2.75, 3.05) is 11.9 Å². The number of amides is 2. The molecule has 8 nitrogen and oxygen atoms in total. The molecule has 1 aromatic carbocycles. The van der Waals surface area contributed by atoms with Crippen molar-refractivity contribution < 1.29 is 29.4 Å². The SMILES string of the molecule is O=C(CNC(=O)C12CC3C4CC5CC3C(C1)C(C5)C4C2)Nc1cc(C(=O)O)cc(C(=O)O)c1. The number of carboxylic acid groups (broad SMARTS) is 2. The third-order valence-corrected chi connectivity index (χ3v) is 9.60. The molecule has 7 fully saturated rings. The van der Waals surface area contributed by atoms with Crippen LogP contribution < -0.4 is 10.6 Å². The van der Waals surface area contributed by atoms with Crippen LogP contribution in [-0.4, -0.2) is 40.5 Å². The lowest BCUT2D eigenvalue weighted by molar-refractivity contribution is -0.230. The Morgan fingerprint density at radius 3 is 1.73 bits per heavy atom. The van der Waals surface area contributed by atoms with Gasteiger partial charge in [0.1, 0.15) is 0 Å². The van der Waals surface area contributed by atoms with Gasteiger partial charge in [-0.3, -0.25) is 9.59 Å². The van der Waals surface area contributed by atoms with Crippen LogP contribution in [0.3, 0.4) is 0 Å². The van der Waals surface area contributed by atoms with Gasteiger partial charge in [-0.2, -0.15) is 0 Å². The van der Waals surface area contributed by atoms with E-state index in [1.54, 1.807) is 0 Å². The molecule has 0 unspecified atom stereocenters. The highest BCUT2D eigenvalue weighted by molar-refractivity contribution is 6.00. The van der Waals surface area contributed by atoms with E-state index < -0.39 is 17.8 Å². The van der Waals surface area contributed by atoms with Gasteiger partial charge in [-0.1, -0.05) is 0 Å². The molecule has 2 amide bonds. The van der Waals surface area contributed by atoms with Gasteiger partial charge in [0.2, 0.25) is 11.8 Å². The van der Waals surface area contributed by atoms with Crippen molar-refractivity contribution in [3.8, 4) is 0 Å². The van der Waals surface area contributed by atoms with Crippen LogP contribution in [0.1, 0.15) is 59.2 Å². The van der Waals surface area contributed by atoms with Gasteiger partial charge in [0, 0.05) is 5.69 Å². The molecule has 0 spiro atoms. The Labute approximate surface area is 191 Å². The molecule has 4 N–H and O–H groups in total. The third kappa shape index (κ3) is 3.09. The van der Waals surface area contributed by atoms with Crippen molar-refractivity contribution in [3.05, 3.63) is 29.3 Å². The van der Waals surface area contributed by atoms with Gasteiger partial charge in [-0.25, -0.2) is 9.59 Å². The molecule has 8 heteroatoms. The van der Waals surface area contributed by atoms with Crippen LogP contribution in [-0.2, 0) is 9.59 Å². The number of carbonyl (C=O) groups excluding carboxylic acids is 2. The van der Waals surface area contributed by atoms with E-state index in [9.17, 15) is 29.4 Å². The summed E-state index contributed by atoms with van der Waals surface area (Å²) >= 11 is 0. The average Bonchev–Trinajstić information content (AvgIpc) is 2.80. The minimum atomic E-state index is -1.29. The molecule has 7 aliphatic carbocycles. The number of nitrogens with one attached hydrogen (secondary N) is 2. The van der Waals surface area contributed by atoms with Crippen LogP contribution in [0, 0.1) is 46.8 Å². The van der Waals surface area contributed by atoms with E-state index in [0.717, 1.165) is 49.0 Å². The molecule has 174 valence electrons. The maximum atomic E-state index is 13.3. The molecule has 0 aromatic heterocycles. The zero-order chi connectivity index (χ0) is 23.1. The molecular formula is C25H28N2O6. The quantitative estimate of drug-likeness (QED) is 0.525. The number of carbonyl (C=O) groups is 4. The van der Waals surface area contributed by atoms with E-state index >= 15 is 0 Å². The predicted molar refractivity (Wildman–Crippen MR) is 117 cm³/mol. The van der Waals surface area contributed by atoms with Crippen molar-refractivity contribution in [2.24, 2.45) is 46.8 Å².